The van der Waals surface area contributed by atoms with Crippen LogP contribution in [0.25, 0.3) is 10.1 Å². The predicted octanol–water partition coefficient (Wildman–Crippen LogP) is 3.22. The van der Waals surface area contributed by atoms with E-state index in [0.717, 1.165) is 48.2 Å². The van der Waals surface area contributed by atoms with Crippen LogP contribution in [0.5, 0.6) is 0 Å². The Labute approximate surface area is 211 Å². The van der Waals surface area contributed by atoms with Crippen LogP contribution in [-0.4, -0.2) is 49.4 Å². The average molecular weight is 560 g/mol. The molecule has 1 aliphatic heterocycles. The Morgan fingerprint density at radius 1 is 1.17 bits per heavy atom. The van der Waals surface area contributed by atoms with E-state index in [0.29, 0.717) is 29.8 Å². The number of ether oxygens (including phenoxy) is 1. The summed E-state index contributed by atoms with van der Waals surface area (Å²) in [4.78, 5) is 21.8. The standard InChI is InChI=1S/C21H21FN3O6PS2.2H3N/c22-18-10-15(2-3-16(18)12-23)21(32(26,27)28)24-34(29,30)20-11-17-9-14(1-4-19(17)33-20)13-25-5-7-31-8-6-25;;/h1-4,9-11,21,24H,5-8,13H2,(H2,26,27,28);2*1H3. The van der Waals surface area contributed by atoms with E-state index < -0.39 is 29.2 Å². The third kappa shape index (κ3) is 6.72. The molecule has 1 saturated heterocycles. The third-order valence-corrected chi connectivity index (χ3v) is 9.65. The summed E-state index contributed by atoms with van der Waals surface area (Å²) in [5, 5.41) is 9.55. The Hall–Kier alpha value is -2.28. The Morgan fingerprint density at radius 3 is 2.47 bits per heavy atom. The number of morpholine rings is 1. The molecule has 4 rings (SSSR count). The fraction of sp³-hybridized carbons (Fsp3) is 0.286. The molecular weight excluding hydrogens is 532 g/mol. The van der Waals surface area contributed by atoms with E-state index >= 15 is 0 Å². The summed E-state index contributed by atoms with van der Waals surface area (Å²) in [7, 11) is -9.43. The van der Waals surface area contributed by atoms with Gasteiger partial charge in [-0.05, 0) is 46.8 Å². The summed E-state index contributed by atoms with van der Waals surface area (Å²) in [5.74, 6) is -3.02. The molecule has 15 heteroatoms. The van der Waals surface area contributed by atoms with Gasteiger partial charge in [0.2, 0.25) is 0 Å². The minimum absolute atomic E-state index is 0. The average Bonchev–Trinajstić information content (AvgIpc) is 3.22. The topological polar surface area (TPSA) is 210 Å². The summed E-state index contributed by atoms with van der Waals surface area (Å²) >= 11 is 0.962. The second kappa shape index (κ2) is 11.8. The maximum atomic E-state index is 14.0. The lowest BCUT2D eigenvalue weighted by molar-refractivity contribution is 0.0342. The molecule has 1 aromatic heterocycles. The van der Waals surface area contributed by atoms with Crippen LogP contribution >= 0.6 is 18.9 Å². The van der Waals surface area contributed by atoms with Gasteiger partial charge in [-0.3, -0.25) is 9.46 Å². The van der Waals surface area contributed by atoms with Crippen LogP contribution in [-0.2, 0) is 25.9 Å². The van der Waals surface area contributed by atoms with Crippen molar-refractivity contribution in [2.75, 3.05) is 26.3 Å². The molecule has 11 nitrogen and oxygen atoms in total. The number of nitrogens with one attached hydrogen (secondary N) is 1. The van der Waals surface area contributed by atoms with Gasteiger partial charge in [-0.2, -0.15) is 9.98 Å². The normalized spacial score (nSPS) is 15.5. The van der Waals surface area contributed by atoms with Crippen LogP contribution in [0.1, 0.15) is 22.5 Å². The van der Waals surface area contributed by atoms with E-state index in [-0.39, 0.29) is 27.6 Å². The van der Waals surface area contributed by atoms with Gasteiger partial charge in [0.05, 0.1) is 18.8 Å². The lowest BCUT2D eigenvalue weighted by Crippen LogP contribution is -2.35. The number of fused-ring (bicyclic) bond motifs is 1. The van der Waals surface area contributed by atoms with Crippen molar-refractivity contribution in [3.63, 3.8) is 0 Å². The van der Waals surface area contributed by atoms with Crippen molar-refractivity contribution in [1.82, 2.24) is 21.9 Å². The summed E-state index contributed by atoms with van der Waals surface area (Å²) in [6.07, 6.45) is 0. The van der Waals surface area contributed by atoms with Crippen LogP contribution in [0.3, 0.4) is 0 Å². The number of benzene rings is 2. The summed E-state index contributed by atoms with van der Waals surface area (Å²) in [5.41, 5.74) is 0.390. The zero-order valence-corrected chi connectivity index (χ0v) is 21.7. The van der Waals surface area contributed by atoms with Crippen molar-refractivity contribution in [1.29, 1.82) is 5.26 Å². The van der Waals surface area contributed by atoms with Crippen LogP contribution in [0.4, 0.5) is 4.39 Å². The number of rotatable bonds is 7. The molecule has 9 N–H and O–H groups in total. The molecule has 3 aromatic rings. The van der Waals surface area contributed by atoms with Gasteiger partial charge < -0.3 is 26.8 Å². The van der Waals surface area contributed by atoms with Crippen LogP contribution in [0, 0.1) is 17.1 Å². The highest BCUT2D eigenvalue weighted by Crippen LogP contribution is 2.51. The number of halogens is 1. The maximum absolute atomic E-state index is 14.0. The molecule has 0 aliphatic carbocycles. The molecule has 1 unspecified atom stereocenters. The zero-order chi connectivity index (χ0) is 24.5. The van der Waals surface area contributed by atoms with Crippen LogP contribution in [0.15, 0.2) is 46.7 Å². The van der Waals surface area contributed by atoms with E-state index in [1.807, 2.05) is 22.9 Å². The van der Waals surface area contributed by atoms with Crippen LogP contribution < -0.4 is 17.0 Å². The molecule has 0 spiro atoms. The molecule has 196 valence electrons. The monoisotopic (exact) mass is 559 g/mol. The molecule has 36 heavy (non-hydrogen) atoms. The number of thiophene rings is 1. The number of hydrogen-bond acceptors (Lipinski definition) is 9. The molecule has 2 heterocycles. The molecule has 1 fully saturated rings. The number of nitrogens with zero attached hydrogens (tertiary/aromatic N) is 2. The van der Waals surface area contributed by atoms with Gasteiger partial charge in [-0.1, -0.05) is 12.1 Å². The van der Waals surface area contributed by atoms with Gasteiger partial charge in [-0.15, -0.1) is 11.3 Å². The van der Waals surface area contributed by atoms with E-state index in [9.17, 15) is 27.2 Å². The van der Waals surface area contributed by atoms with Gasteiger partial charge in [0, 0.05) is 24.3 Å². The van der Waals surface area contributed by atoms with Gasteiger partial charge >= 0.3 is 7.60 Å². The molecule has 0 radical (unpaired) electrons. The zero-order valence-electron chi connectivity index (χ0n) is 19.1. The SMILES string of the molecule is N.N.N#Cc1ccc(C(NS(=O)(=O)c2cc3cc(CN4CCOCC4)ccc3s2)P(=O)(O)O)cc1F. The lowest BCUT2D eigenvalue weighted by atomic mass is 10.1. The Kier molecular flexibility index (Phi) is 9.85. The smallest absolute Gasteiger partial charge is 0.347 e. The van der Waals surface area contributed by atoms with Crippen LogP contribution in [0.2, 0.25) is 0 Å². The van der Waals surface area contributed by atoms with E-state index in [2.05, 4.69) is 4.90 Å². The largest absolute Gasteiger partial charge is 0.379 e. The molecular formula is C21H27FN5O6PS2. The Balaban J connectivity index is 0.00000228. The highest BCUT2D eigenvalue weighted by molar-refractivity contribution is 7.92. The van der Waals surface area contributed by atoms with Crippen molar-refractivity contribution >= 4 is 39.0 Å². The van der Waals surface area contributed by atoms with Gasteiger partial charge in [0.25, 0.3) is 10.0 Å². The fourth-order valence-electron chi connectivity index (χ4n) is 3.64. The number of hydrogen-bond donors (Lipinski definition) is 5. The molecule has 0 saturated carbocycles. The molecule has 1 aliphatic rings. The number of sulfonamides is 1. The predicted molar refractivity (Wildman–Crippen MR) is 134 cm³/mol. The quantitative estimate of drug-likeness (QED) is 0.267. The van der Waals surface area contributed by atoms with E-state index in [1.165, 1.54) is 6.07 Å². The third-order valence-electron chi connectivity index (χ3n) is 5.37. The first-order chi connectivity index (χ1) is 16.1. The first-order valence-electron chi connectivity index (χ1n) is 10.2. The molecule has 1 atom stereocenters. The summed E-state index contributed by atoms with van der Waals surface area (Å²) in [6, 6.07) is 11.5. The van der Waals surface area contributed by atoms with Gasteiger partial charge in [0.15, 0.2) is 0 Å². The Bertz CT molecular complexity index is 1420. The van der Waals surface area contributed by atoms with E-state index in [1.54, 1.807) is 6.07 Å². The maximum Gasteiger partial charge on any atom is 0.347 e. The highest BCUT2D eigenvalue weighted by Gasteiger charge is 2.36. The van der Waals surface area contributed by atoms with Crippen molar-refractivity contribution < 1.29 is 31.9 Å². The lowest BCUT2D eigenvalue weighted by Gasteiger charge is -2.26. The molecule has 0 bridgehead atoms. The Morgan fingerprint density at radius 2 is 1.86 bits per heavy atom. The first-order valence-corrected chi connectivity index (χ1v) is 14.1. The van der Waals surface area contributed by atoms with Crippen molar-refractivity contribution in [2.45, 2.75) is 16.5 Å². The second-order valence-electron chi connectivity index (χ2n) is 7.79. The minimum Gasteiger partial charge on any atom is -0.379 e. The van der Waals surface area contributed by atoms with Crippen molar-refractivity contribution in [3.05, 3.63) is 65.0 Å². The van der Waals surface area contributed by atoms with E-state index in [4.69, 9.17) is 10.00 Å². The van der Waals surface area contributed by atoms with Gasteiger partial charge in [0.1, 0.15) is 21.9 Å². The molecule has 0 amide bonds. The highest BCUT2D eigenvalue weighted by atomic mass is 32.2. The fourth-order valence-corrected chi connectivity index (χ4v) is 7.61. The van der Waals surface area contributed by atoms with Gasteiger partial charge in [-0.25, -0.2) is 12.8 Å². The summed E-state index contributed by atoms with van der Waals surface area (Å²) < 4.78 is 60.1. The van der Waals surface area contributed by atoms with Crippen molar-refractivity contribution in [2.24, 2.45) is 0 Å². The number of nitriles is 1. The molecule has 2 aromatic carbocycles. The first kappa shape index (κ1) is 29.9. The second-order valence-corrected chi connectivity index (χ2v) is 12.5. The van der Waals surface area contributed by atoms with Crippen molar-refractivity contribution in [3.8, 4) is 6.07 Å². The summed E-state index contributed by atoms with van der Waals surface area (Å²) in [6.45, 7) is 3.65. The minimum atomic E-state index is -5.07.